The second kappa shape index (κ2) is 9.75. The van der Waals surface area contributed by atoms with Crippen LogP contribution in [0, 0.1) is 10.1 Å². The van der Waals surface area contributed by atoms with E-state index in [9.17, 15) is 24.5 Å². The molecule has 3 aromatic rings. The topological polar surface area (TPSA) is 120 Å². The Labute approximate surface area is 198 Å². The van der Waals surface area contributed by atoms with Crippen LogP contribution in [-0.4, -0.2) is 33.5 Å². The molecule has 4 rings (SSSR count). The Bertz CT molecular complexity index is 1310. The smallest absolute Gasteiger partial charge is 0.338 e. The molecule has 0 unspecified atom stereocenters. The Balaban J connectivity index is 1.50. The third-order valence-electron chi connectivity index (χ3n) is 4.97. The minimum Gasteiger partial charge on any atom is -0.462 e. The molecular formula is C24H18N2O7S. The number of nitrogens with zero attached hydrogens (tertiary/aromatic N) is 2. The van der Waals surface area contributed by atoms with Crippen molar-refractivity contribution in [2.24, 2.45) is 0 Å². The molecule has 9 nitrogen and oxygen atoms in total. The maximum atomic E-state index is 12.8. The Morgan fingerprint density at radius 1 is 1.12 bits per heavy atom. The van der Waals surface area contributed by atoms with Crippen LogP contribution in [0.3, 0.4) is 0 Å². The van der Waals surface area contributed by atoms with Crippen molar-refractivity contribution in [3.05, 3.63) is 92.6 Å². The molecule has 34 heavy (non-hydrogen) atoms. The number of amides is 2. The van der Waals surface area contributed by atoms with E-state index in [0.29, 0.717) is 17.1 Å². The Morgan fingerprint density at radius 3 is 2.56 bits per heavy atom. The third kappa shape index (κ3) is 4.76. The molecule has 1 aromatic heterocycles. The number of ether oxygens (including phenoxy) is 1. The number of nitro benzene ring substituents is 1. The van der Waals surface area contributed by atoms with Crippen LogP contribution in [-0.2, 0) is 16.1 Å². The molecular weight excluding hydrogens is 460 g/mol. The van der Waals surface area contributed by atoms with E-state index in [-0.39, 0.29) is 29.3 Å². The molecule has 1 aliphatic rings. The molecule has 0 N–H and O–H groups in total. The van der Waals surface area contributed by atoms with Gasteiger partial charge in [0.15, 0.2) is 0 Å². The van der Waals surface area contributed by atoms with Gasteiger partial charge in [0.1, 0.15) is 11.5 Å². The summed E-state index contributed by atoms with van der Waals surface area (Å²) < 4.78 is 10.8. The third-order valence-corrected chi connectivity index (χ3v) is 5.88. The van der Waals surface area contributed by atoms with Gasteiger partial charge < -0.3 is 9.15 Å². The number of thioether (sulfide) groups is 1. The number of carbonyl (C=O) groups is 3. The number of furan rings is 1. The van der Waals surface area contributed by atoms with Crippen molar-refractivity contribution < 1.29 is 28.5 Å². The highest BCUT2D eigenvalue weighted by atomic mass is 32.2. The normalized spacial score (nSPS) is 14.6. The van der Waals surface area contributed by atoms with Crippen LogP contribution in [0.15, 0.2) is 70.0 Å². The highest BCUT2D eigenvalue weighted by Crippen LogP contribution is 2.35. The SMILES string of the molecule is CCOC(=O)c1ccc(-c2ccc(/C=C3/SC(=O)N(Cc4ccccc4[N+](=O)[O-])C3=O)o2)cc1. The van der Waals surface area contributed by atoms with Gasteiger partial charge in [-0.25, -0.2) is 4.79 Å². The number of nitro groups is 1. The molecule has 2 amide bonds. The average Bonchev–Trinajstić information content (AvgIpc) is 3.40. The number of esters is 1. The summed E-state index contributed by atoms with van der Waals surface area (Å²) in [5.74, 6) is -0.0860. The number of imide groups is 1. The van der Waals surface area contributed by atoms with Gasteiger partial charge in [0.05, 0.1) is 28.5 Å². The fraction of sp³-hybridized carbons (Fsp3) is 0.125. The number of para-hydroxylation sites is 1. The highest BCUT2D eigenvalue weighted by Gasteiger charge is 2.36. The zero-order valence-corrected chi connectivity index (χ0v) is 18.7. The minimum atomic E-state index is -0.551. The molecule has 0 bridgehead atoms. The van der Waals surface area contributed by atoms with Gasteiger partial charge in [-0.05, 0) is 43.0 Å². The summed E-state index contributed by atoms with van der Waals surface area (Å²) in [6, 6.07) is 16.0. The lowest BCUT2D eigenvalue weighted by Crippen LogP contribution is -2.27. The van der Waals surface area contributed by atoms with Gasteiger partial charge in [0.25, 0.3) is 16.8 Å². The van der Waals surface area contributed by atoms with Gasteiger partial charge in [-0.2, -0.15) is 0 Å². The minimum absolute atomic E-state index is 0.155. The summed E-state index contributed by atoms with van der Waals surface area (Å²) in [4.78, 5) is 48.8. The van der Waals surface area contributed by atoms with Crippen molar-refractivity contribution >= 4 is 40.6 Å². The maximum absolute atomic E-state index is 12.8. The van der Waals surface area contributed by atoms with Crippen LogP contribution in [0.1, 0.15) is 28.6 Å². The molecule has 1 saturated heterocycles. The molecule has 0 spiro atoms. The van der Waals surface area contributed by atoms with E-state index in [1.165, 1.54) is 24.3 Å². The van der Waals surface area contributed by atoms with Crippen LogP contribution >= 0.6 is 11.8 Å². The van der Waals surface area contributed by atoms with Crippen molar-refractivity contribution in [3.63, 3.8) is 0 Å². The summed E-state index contributed by atoms with van der Waals surface area (Å²) in [5, 5.41) is 10.7. The summed E-state index contributed by atoms with van der Waals surface area (Å²) in [5.41, 5.74) is 1.25. The fourth-order valence-corrected chi connectivity index (χ4v) is 4.15. The second-order valence-electron chi connectivity index (χ2n) is 7.15. The van der Waals surface area contributed by atoms with Crippen molar-refractivity contribution in [1.29, 1.82) is 0 Å². The number of benzene rings is 2. The molecule has 2 aromatic carbocycles. The van der Waals surface area contributed by atoms with Crippen LogP contribution in [0.2, 0.25) is 0 Å². The summed E-state index contributed by atoms with van der Waals surface area (Å²) >= 11 is 0.742. The van der Waals surface area contributed by atoms with E-state index < -0.39 is 22.0 Å². The molecule has 0 saturated carbocycles. The fourth-order valence-electron chi connectivity index (χ4n) is 3.33. The summed E-state index contributed by atoms with van der Waals surface area (Å²) in [6.07, 6.45) is 1.46. The zero-order chi connectivity index (χ0) is 24.2. The van der Waals surface area contributed by atoms with Crippen LogP contribution in [0.25, 0.3) is 17.4 Å². The van der Waals surface area contributed by atoms with Crippen molar-refractivity contribution in [2.45, 2.75) is 13.5 Å². The number of rotatable bonds is 7. The molecule has 0 radical (unpaired) electrons. The average molecular weight is 478 g/mol. The van der Waals surface area contributed by atoms with E-state index in [0.717, 1.165) is 22.2 Å². The van der Waals surface area contributed by atoms with E-state index in [1.807, 2.05) is 0 Å². The van der Waals surface area contributed by atoms with E-state index >= 15 is 0 Å². The standard InChI is InChI=1S/C24H18N2O7S/c1-2-32-23(28)16-9-7-15(8-10-16)20-12-11-18(33-20)13-21-22(27)25(24(29)34-21)14-17-5-3-4-6-19(17)26(30)31/h3-13H,2,14H2,1H3/b21-13+. The maximum Gasteiger partial charge on any atom is 0.338 e. The first-order valence-corrected chi connectivity index (χ1v) is 11.0. The van der Waals surface area contributed by atoms with Gasteiger partial charge in [0.2, 0.25) is 0 Å². The van der Waals surface area contributed by atoms with Gasteiger partial charge in [-0.1, -0.05) is 30.3 Å². The predicted molar refractivity (Wildman–Crippen MR) is 125 cm³/mol. The van der Waals surface area contributed by atoms with Gasteiger partial charge in [-0.3, -0.25) is 24.6 Å². The first-order valence-electron chi connectivity index (χ1n) is 10.2. The molecule has 0 aliphatic carbocycles. The Kier molecular flexibility index (Phi) is 6.60. The zero-order valence-electron chi connectivity index (χ0n) is 17.9. The Hall–Kier alpha value is -4.18. The molecule has 172 valence electrons. The predicted octanol–water partition coefficient (Wildman–Crippen LogP) is 5.27. The van der Waals surface area contributed by atoms with Gasteiger partial charge >= 0.3 is 5.97 Å². The highest BCUT2D eigenvalue weighted by molar-refractivity contribution is 8.18. The van der Waals surface area contributed by atoms with Crippen LogP contribution in [0.5, 0.6) is 0 Å². The van der Waals surface area contributed by atoms with E-state index in [2.05, 4.69) is 0 Å². The second-order valence-corrected chi connectivity index (χ2v) is 8.15. The lowest BCUT2D eigenvalue weighted by molar-refractivity contribution is -0.385. The first kappa shape index (κ1) is 23.0. The molecule has 0 atom stereocenters. The number of hydrogen-bond acceptors (Lipinski definition) is 8. The van der Waals surface area contributed by atoms with Crippen molar-refractivity contribution in [1.82, 2.24) is 4.90 Å². The Morgan fingerprint density at radius 2 is 1.85 bits per heavy atom. The summed E-state index contributed by atoms with van der Waals surface area (Å²) in [6.45, 7) is 1.82. The van der Waals surface area contributed by atoms with E-state index in [1.54, 1.807) is 49.4 Å². The van der Waals surface area contributed by atoms with Crippen molar-refractivity contribution in [2.75, 3.05) is 6.61 Å². The van der Waals surface area contributed by atoms with Crippen LogP contribution in [0.4, 0.5) is 10.5 Å². The quantitative estimate of drug-likeness (QED) is 0.195. The molecule has 2 heterocycles. The first-order chi connectivity index (χ1) is 16.4. The van der Waals surface area contributed by atoms with Crippen molar-refractivity contribution in [3.8, 4) is 11.3 Å². The molecule has 1 fully saturated rings. The number of hydrogen-bond donors (Lipinski definition) is 0. The molecule has 10 heteroatoms. The lowest BCUT2D eigenvalue weighted by Gasteiger charge is -2.12. The van der Waals surface area contributed by atoms with Gasteiger partial charge in [-0.15, -0.1) is 0 Å². The summed E-state index contributed by atoms with van der Waals surface area (Å²) in [7, 11) is 0. The number of carbonyl (C=O) groups excluding carboxylic acids is 3. The largest absolute Gasteiger partial charge is 0.462 e. The monoisotopic (exact) mass is 478 g/mol. The van der Waals surface area contributed by atoms with Gasteiger partial charge in [0, 0.05) is 23.3 Å². The molecule has 1 aliphatic heterocycles. The van der Waals surface area contributed by atoms with Crippen LogP contribution < -0.4 is 0 Å². The van der Waals surface area contributed by atoms with E-state index in [4.69, 9.17) is 9.15 Å². The lowest BCUT2D eigenvalue weighted by atomic mass is 10.1.